The van der Waals surface area contributed by atoms with Gasteiger partial charge in [0.1, 0.15) is 5.56 Å². The number of aryl methyl sites for hydroxylation is 1. The predicted molar refractivity (Wildman–Crippen MR) is 50.8 cm³/mol. The quantitative estimate of drug-likeness (QED) is 0.691. The van der Waals surface area contributed by atoms with E-state index in [2.05, 4.69) is 4.98 Å². The molecule has 3 N–H and O–H groups in total. The zero-order chi connectivity index (χ0) is 10.0. The Hall–Kier alpha value is -0.811. The van der Waals surface area contributed by atoms with Crippen LogP contribution in [0.2, 0.25) is 0 Å². The van der Waals surface area contributed by atoms with Crippen LogP contribution < -0.4 is 0 Å². The van der Waals surface area contributed by atoms with Crippen LogP contribution in [0, 0.1) is 6.92 Å². The molecule has 1 aromatic heterocycles. The molecule has 1 rings (SSSR count). The number of carboxylic acid groups (broad SMARTS) is 1. The monoisotopic (exact) mass is 275 g/mol. The molecule has 0 saturated heterocycles. The minimum Gasteiger partial charge on any atom is -0.505 e. The number of carbonyl (C=O) groups is 1. The predicted octanol–water partition coefficient (Wildman–Crippen LogP) is 0.705. The van der Waals surface area contributed by atoms with Crippen molar-refractivity contribution in [3.63, 3.8) is 0 Å². The van der Waals surface area contributed by atoms with Gasteiger partial charge in [-0.2, -0.15) is 0 Å². The van der Waals surface area contributed by atoms with Crippen molar-refractivity contribution in [2.75, 3.05) is 0 Å². The van der Waals surface area contributed by atoms with Gasteiger partial charge in [-0.3, -0.25) is 4.98 Å². The second-order valence-electron chi connectivity index (χ2n) is 2.56. The fraction of sp³-hybridized carbons (Fsp3) is 0.250. The molecule has 0 atom stereocenters. The third-order valence-electron chi connectivity index (χ3n) is 1.70. The first-order valence-corrected chi connectivity index (χ1v) is 3.59. The molecule has 0 unspecified atom stereocenters. The average Bonchev–Trinajstić information content (AvgIpc) is 2.08. The van der Waals surface area contributed by atoms with Crippen molar-refractivity contribution in [1.82, 2.24) is 4.98 Å². The Morgan fingerprint density at radius 1 is 1.53 bits per heavy atom. The SMILES string of the molecule is Cc1ncc(CO)c(C(=O)O)c1O.Cl.[Fe]. The van der Waals surface area contributed by atoms with E-state index in [1.54, 1.807) is 0 Å². The molecule has 0 saturated carbocycles. The molecule has 15 heavy (non-hydrogen) atoms. The van der Waals surface area contributed by atoms with Gasteiger partial charge < -0.3 is 15.3 Å². The minimum absolute atomic E-state index is 0. The van der Waals surface area contributed by atoms with Crippen LogP contribution in [0.1, 0.15) is 21.6 Å². The first-order chi connectivity index (χ1) is 6.07. The number of hydrogen-bond acceptors (Lipinski definition) is 4. The molecule has 0 aliphatic rings. The summed E-state index contributed by atoms with van der Waals surface area (Å²) in [5, 5.41) is 26.8. The second kappa shape index (κ2) is 6.63. The van der Waals surface area contributed by atoms with Gasteiger partial charge in [0.05, 0.1) is 12.3 Å². The third-order valence-corrected chi connectivity index (χ3v) is 1.70. The fourth-order valence-corrected chi connectivity index (χ4v) is 0.992. The average molecular weight is 275 g/mol. The molecule has 0 aliphatic heterocycles. The normalized spacial score (nSPS) is 8.67. The number of nitrogens with zero attached hydrogens (tertiary/aromatic N) is 1. The summed E-state index contributed by atoms with van der Waals surface area (Å²) in [6, 6.07) is 0. The largest absolute Gasteiger partial charge is 0.505 e. The number of rotatable bonds is 2. The summed E-state index contributed by atoms with van der Waals surface area (Å²) in [5.41, 5.74) is 0.0557. The van der Waals surface area contributed by atoms with Crippen LogP contribution >= 0.6 is 12.4 Å². The molecule has 86 valence electrons. The van der Waals surface area contributed by atoms with E-state index in [1.165, 1.54) is 13.1 Å². The van der Waals surface area contributed by atoms with Crippen molar-refractivity contribution in [2.45, 2.75) is 13.5 Å². The van der Waals surface area contributed by atoms with Crippen molar-refractivity contribution in [3.8, 4) is 5.75 Å². The standard InChI is InChI=1S/C8H9NO4.ClH.Fe/c1-4-7(11)6(8(12)13)5(3-10)2-9-4;;/h2,10-11H,3H2,1H3,(H,12,13);1H;. The van der Waals surface area contributed by atoms with Crippen LogP contribution in [-0.2, 0) is 23.7 Å². The summed E-state index contributed by atoms with van der Waals surface area (Å²) in [4.78, 5) is 14.4. The maximum absolute atomic E-state index is 10.7. The topological polar surface area (TPSA) is 90.7 Å². The summed E-state index contributed by atoms with van der Waals surface area (Å²) >= 11 is 0. The number of aliphatic hydroxyl groups is 1. The third kappa shape index (κ3) is 3.35. The van der Waals surface area contributed by atoms with Crippen LogP contribution in [0.4, 0.5) is 0 Å². The van der Waals surface area contributed by atoms with Gasteiger partial charge in [0.15, 0.2) is 5.75 Å². The van der Waals surface area contributed by atoms with E-state index < -0.39 is 12.6 Å². The molecule has 1 heterocycles. The van der Waals surface area contributed by atoms with E-state index in [-0.39, 0.29) is 52.0 Å². The molecule has 0 spiro atoms. The fourth-order valence-electron chi connectivity index (χ4n) is 0.992. The van der Waals surface area contributed by atoms with Crippen LogP contribution in [0.3, 0.4) is 0 Å². The van der Waals surface area contributed by atoms with Gasteiger partial charge in [0.25, 0.3) is 0 Å². The number of aromatic hydroxyl groups is 1. The van der Waals surface area contributed by atoms with Crippen molar-refractivity contribution in [1.29, 1.82) is 0 Å². The maximum atomic E-state index is 10.7. The molecular weight excluding hydrogens is 265 g/mol. The zero-order valence-electron chi connectivity index (χ0n) is 7.74. The molecular formula is C8H10ClFeNO4. The van der Waals surface area contributed by atoms with Crippen molar-refractivity contribution in [2.24, 2.45) is 0 Å². The first kappa shape index (κ1) is 16.6. The van der Waals surface area contributed by atoms with Gasteiger partial charge in [-0.1, -0.05) is 0 Å². The Kier molecular flexibility index (Phi) is 7.35. The van der Waals surface area contributed by atoms with Gasteiger partial charge in [-0.05, 0) is 6.92 Å². The summed E-state index contributed by atoms with van der Waals surface area (Å²) in [7, 11) is 0. The zero-order valence-corrected chi connectivity index (χ0v) is 9.66. The van der Waals surface area contributed by atoms with Crippen LogP contribution in [0.15, 0.2) is 6.20 Å². The van der Waals surface area contributed by atoms with Gasteiger partial charge in [0, 0.05) is 28.8 Å². The number of pyridine rings is 1. The smallest absolute Gasteiger partial charge is 0.339 e. The van der Waals surface area contributed by atoms with E-state index in [4.69, 9.17) is 10.2 Å². The Bertz CT molecular complexity index is 359. The Morgan fingerprint density at radius 2 is 2.07 bits per heavy atom. The molecule has 0 fully saturated rings. The molecule has 0 aliphatic carbocycles. The summed E-state index contributed by atoms with van der Waals surface area (Å²) < 4.78 is 0. The van der Waals surface area contributed by atoms with Gasteiger partial charge >= 0.3 is 5.97 Å². The Morgan fingerprint density at radius 3 is 2.47 bits per heavy atom. The van der Waals surface area contributed by atoms with E-state index in [9.17, 15) is 9.90 Å². The van der Waals surface area contributed by atoms with Crippen LogP contribution in [0.5, 0.6) is 5.75 Å². The number of carboxylic acids is 1. The van der Waals surface area contributed by atoms with E-state index in [0.717, 1.165) is 0 Å². The van der Waals surface area contributed by atoms with E-state index in [0.29, 0.717) is 0 Å². The van der Waals surface area contributed by atoms with Crippen molar-refractivity contribution >= 4 is 18.4 Å². The number of hydrogen-bond donors (Lipinski definition) is 3. The van der Waals surface area contributed by atoms with Gasteiger partial charge in [-0.15, -0.1) is 12.4 Å². The summed E-state index contributed by atoms with van der Waals surface area (Å²) in [6.07, 6.45) is 1.23. The molecule has 7 heteroatoms. The molecule has 5 nitrogen and oxygen atoms in total. The first-order valence-electron chi connectivity index (χ1n) is 3.59. The summed E-state index contributed by atoms with van der Waals surface area (Å²) in [5.74, 6) is -1.66. The molecule has 0 radical (unpaired) electrons. The number of aromatic nitrogens is 1. The summed E-state index contributed by atoms with van der Waals surface area (Å²) in [6.45, 7) is 1.03. The number of aliphatic hydroxyl groups excluding tert-OH is 1. The number of halogens is 1. The van der Waals surface area contributed by atoms with Crippen LogP contribution in [0.25, 0.3) is 0 Å². The van der Waals surface area contributed by atoms with E-state index in [1.807, 2.05) is 0 Å². The van der Waals surface area contributed by atoms with E-state index >= 15 is 0 Å². The molecule has 1 aromatic rings. The minimum atomic E-state index is -1.27. The van der Waals surface area contributed by atoms with Gasteiger partial charge in [0.2, 0.25) is 0 Å². The molecule has 0 aromatic carbocycles. The Balaban J connectivity index is 0. The Labute approximate surface area is 103 Å². The van der Waals surface area contributed by atoms with Crippen LogP contribution in [-0.4, -0.2) is 26.3 Å². The second-order valence-corrected chi connectivity index (χ2v) is 2.56. The van der Waals surface area contributed by atoms with Crippen molar-refractivity contribution < 1.29 is 37.2 Å². The maximum Gasteiger partial charge on any atom is 0.339 e. The molecule has 0 amide bonds. The van der Waals surface area contributed by atoms with Gasteiger partial charge in [-0.25, -0.2) is 4.79 Å². The number of aromatic carboxylic acids is 1. The molecule has 0 bridgehead atoms. The van der Waals surface area contributed by atoms with Crippen molar-refractivity contribution in [3.05, 3.63) is 23.0 Å².